The minimum Gasteiger partial charge on any atom is -0.492 e. The summed E-state index contributed by atoms with van der Waals surface area (Å²) in [5.41, 5.74) is 8.33. The molecule has 0 heterocycles. The van der Waals surface area contributed by atoms with E-state index in [0.29, 0.717) is 11.6 Å². The molecule has 96 valence electrons. The summed E-state index contributed by atoms with van der Waals surface area (Å²) in [5, 5.41) is 0.699. The van der Waals surface area contributed by atoms with Crippen LogP contribution in [0.25, 0.3) is 0 Å². The van der Waals surface area contributed by atoms with Gasteiger partial charge in [-0.3, -0.25) is 0 Å². The van der Waals surface area contributed by atoms with Crippen molar-refractivity contribution >= 4 is 11.6 Å². The van der Waals surface area contributed by atoms with Crippen LogP contribution in [0.15, 0.2) is 12.1 Å². The van der Waals surface area contributed by atoms with E-state index in [9.17, 15) is 0 Å². The van der Waals surface area contributed by atoms with E-state index in [2.05, 4.69) is 19.9 Å². The second kappa shape index (κ2) is 6.87. The van der Waals surface area contributed by atoms with E-state index in [4.69, 9.17) is 22.1 Å². The Labute approximate surface area is 109 Å². The number of hydrogen-bond acceptors (Lipinski definition) is 2. The lowest BCUT2D eigenvalue weighted by Crippen LogP contribution is -2.21. The van der Waals surface area contributed by atoms with E-state index in [1.165, 1.54) is 5.56 Å². The van der Waals surface area contributed by atoms with Gasteiger partial charge in [0.15, 0.2) is 0 Å². The lowest BCUT2D eigenvalue weighted by atomic mass is 10.0. The van der Waals surface area contributed by atoms with Crippen LogP contribution < -0.4 is 10.5 Å². The van der Waals surface area contributed by atoms with Crippen molar-refractivity contribution in [3.8, 4) is 5.75 Å². The Morgan fingerprint density at radius 3 is 2.53 bits per heavy atom. The van der Waals surface area contributed by atoms with E-state index in [-0.39, 0.29) is 6.04 Å². The third kappa shape index (κ3) is 3.90. The molecule has 0 spiro atoms. The van der Waals surface area contributed by atoms with Gasteiger partial charge in [0.2, 0.25) is 0 Å². The number of halogens is 1. The second-order valence-electron chi connectivity index (χ2n) is 4.22. The van der Waals surface area contributed by atoms with Crippen molar-refractivity contribution in [2.24, 2.45) is 5.73 Å². The molecule has 2 N–H and O–H groups in total. The van der Waals surface area contributed by atoms with E-state index < -0.39 is 0 Å². The molecule has 0 bridgehead atoms. The highest BCUT2D eigenvalue weighted by atomic mass is 35.5. The predicted molar refractivity (Wildman–Crippen MR) is 74.0 cm³/mol. The molecule has 0 aliphatic heterocycles. The van der Waals surface area contributed by atoms with E-state index in [1.807, 2.05) is 13.0 Å². The van der Waals surface area contributed by atoms with Gasteiger partial charge in [-0.2, -0.15) is 0 Å². The molecule has 0 aromatic heterocycles. The van der Waals surface area contributed by atoms with Gasteiger partial charge >= 0.3 is 0 Å². The first-order valence-corrected chi connectivity index (χ1v) is 6.69. The van der Waals surface area contributed by atoms with Crippen LogP contribution in [0.2, 0.25) is 5.02 Å². The summed E-state index contributed by atoms with van der Waals surface area (Å²) < 4.78 is 5.58. The van der Waals surface area contributed by atoms with Crippen molar-refractivity contribution in [3.63, 3.8) is 0 Å². The van der Waals surface area contributed by atoms with Gasteiger partial charge in [-0.05, 0) is 43.4 Å². The molecule has 2 nitrogen and oxygen atoms in total. The Hall–Kier alpha value is -0.730. The Bertz CT molecular complexity index is 365. The standard InChI is InChI=1S/C14H22ClNO/c1-4-11-7-10(8-12(16)5-2)9-13(15)14(11)17-6-3/h7,9,12H,4-6,8,16H2,1-3H3. The fraction of sp³-hybridized carbons (Fsp3) is 0.571. The van der Waals surface area contributed by atoms with Crippen LogP contribution in [0.4, 0.5) is 0 Å². The number of ether oxygens (including phenoxy) is 1. The van der Waals surface area contributed by atoms with Crippen molar-refractivity contribution in [2.75, 3.05) is 6.61 Å². The third-order valence-corrected chi connectivity index (χ3v) is 3.15. The monoisotopic (exact) mass is 255 g/mol. The van der Waals surface area contributed by atoms with Gasteiger partial charge in [-0.25, -0.2) is 0 Å². The van der Waals surface area contributed by atoms with Crippen LogP contribution in [-0.4, -0.2) is 12.6 Å². The number of rotatable bonds is 6. The van der Waals surface area contributed by atoms with Crippen molar-refractivity contribution in [1.29, 1.82) is 0 Å². The topological polar surface area (TPSA) is 35.2 Å². The number of aryl methyl sites for hydroxylation is 1. The highest BCUT2D eigenvalue weighted by molar-refractivity contribution is 6.32. The molecule has 0 aliphatic rings. The van der Waals surface area contributed by atoms with Crippen LogP contribution in [0.5, 0.6) is 5.75 Å². The fourth-order valence-corrected chi connectivity index (χ4v) is 2.16. The van der Waals surface area contributed by atoms with Gasteiger partial charge in [0, 0.05) is 6.04 Å². The Kier molecular flexibility index (Phi) is 5.79. The first kappa shape index (κ1) is 14.3. The van der Waals surface area contributed by atoms with E-state index in [0.717, 1.165) is 30.6 Å². The van der Waals surface area contributed by atoms with Crippen LogP contribution in [0.3, 0.4) is 0 Å². The quantitative estimate of drug-likeness (QED) is 0.843. The zero-order valence-electron chi connectivity index (χ0n) is 10.9. The zero-order chi connectivity index (χ0) is 12.8. The molecular weight excluding hydrogens is 234 g/mol. The molecule has 1 aromatic carbocycles. The van der Waals surface area contributed by atoms with Crippen molar-refractivity contribution in [2.45, 2.75) is 46.1 Å². The van der Waals surface area contributed by atoms with Crippen LogP contribution >= 0.6 is 11.6 Å². The molecule has 0 saturated heterocycles. The van der Waals surface area contributed by atoms with Gasteiger partial charge in [0.1, 0.15) is 5.75 Å². The predicted octanol–water partition coefficient (Wildman–Crippen LogP) is 3.58. The number of nitrogens with two attached hydrogens (primary N) is 1. The molecule has 0 radical (unpaired) electrons. The summed E-state index contributed by atoms with van der Waals surface area (Å²) >= 11 is 6.25. The van der Waals surface area contributed by atoms with Crippen LogP contribution in [0, 0.1) is 0 Å². The smallest absolute Gasteiger partial charge is 0.141 e. The first-order chi connectivity index (χ1) is 8.12. The Morgan fingerprint density at radius 2 is 2.00 bits per heavy atom. The average Bonchev–Trinajstić information content (AvgIpc) is 2.32. The summed E-state index contributed by atoms with van der Waals surface area (Å²) in [7, 11) is 0. The lowest BCUT2D eigenvalue weighted by molar-refractivity contribution is 0.337. The molecule has 3 heteroatoms. The maximum atomic E-state index is 6.25. The van der Waals surface area contributed by atoms with Gasteiger partial charge in [-0.15, -0.1) is 0 Å². The summed E-state index contributed by atoms with van der Waals surface area (Å²) in [6, 6.07) is 4.34. The Balaban J connectivity index is 3.00. The first-order valence-electron chi connectivity index (χ1n) is 6.31. The molecular formula is C14H22ClNO. The molecule has 1 rings (SSSR count). The minimum absolute atomic E-state index is 0.203. The van der Waals surface area contributed by atoms with Crippen LogP contribution in [0.1, 0.15) is 38.3 Å². The van der Waals surface area contributed by atoms with Crippen molar-refractivity contribution in [3.05, 3.63) is 28.3 Å². The van der Waals surface area contributed by atoms with Gasteiger partial charge in [0.05, 0.1) is 11.6 Å². The van der Waals surface area contributed by atoms with Gasteiger partial charge < -0.3 is 10.5 Å². The lowest BCUT2D eigenvalue weighted by Gasteiger charge is -2.15. The largest absolute Gasteiger partial charge is 0.492 e. The molecule has 0 amide bonds. The molecule has 0 saturated carbocycles. The molecule has 0 fully saturated rings. The molecule has 1 atom stereocenters. The minimum atomic E-state index is 0.203. The van der Waals surface area contributed by atoms with Crippen molar-refractivity contribution in [1.82, 2.24) is 0 Å². The summed E-state index contributed by atoms with van der Waals surface area (Å²) in [5.74, 6) is 0.825. The fourth-order valence-electron chi connectivity index (χ4n) is 1.85. The van der Waals surface area contributed by atoms with Crippen molar-refractivity contribution < 1.29 is 4.74 Å². The Morgan fingerprint density at radius 1 is 1.29 bits per heavy atom. The zero-order valence-corrected chi connectivity index (χ0v) is 11.7. The molecule has 0 aliphatic carbocycles. The van der Waals surface area contributed by atoms with Gasteiger partial charge in [-0.1, -0.05) is 31.5 Å². The summed E-state index contributed by atoms with van der Waals surface area (Å²) in [6.45, 7) is 6.82. The summed E-state index contributed by atoms with van der Waals surface area (Å²) in [6.07, 6.45) is 2.77. The van der Waals surface area contributed by atoms with E-state index >= 15 is 0 Å². The number of benzene rings is 1. The van der Waals surface area contributed by atoms with E-state index in [1.54, 1.807) is 0 Å². The molecule has 1 unspecified atom stereocenters. The van der Waals surface area contributed by atoms with Crippen LogP contribution in [-0.2, 0) is 12.8 Å². The third-order valence-electron chi connectivity index (χ3n) is 2.87. The summed E-state index contributed by atoms with van der Waals surface area (Å²) in [4.78, 5) is 0. The highest BCUT2D eigenvalue weighted by Crippen LogP contribution is 2.31. The average molecular weight is 256 g/mol. The maximum Gasteiger partial charge on any atom is 0.141 e. The number of hydrogen-bond donors (Lipinski definition) is 1. The van der Waals surface area contributed by atoms with Gasteiger partial charge in [0.25, 0.3) is 0 Å². The molecule has 17 heavy (non-hydrogen) atoms. The normalized spacial score (nSPS) is 12.5. The second-order valence-corrected chi connectivity index (χ2v) is 4.63. The maximum absolute atomic E-state index is 6.25. The SMILES string of the molecule is CCOc1c(Cl)cc(CC(N)CC)cc1CC. The molecule has 1 aromatic rings. The highest BCUT2D eigenvalue weighted by Gasteiger charge is 2.11.